The van der Waals surface area contributed by atoms with E-state index in [1.165, 1.54) is 81.0 Å². The number of hydrogen-bond donors (Lipinski definition) is 0. The Morgan fingerprint density at radius 3 is 1.40 bits per heavy atom. The molecule has 2 aromatic heterocycles. The highest BCUT2D eigenvalue weighted by Gasteiger charge is 2.28. The van der Waals surface area contributed by atoms with E-state index in [0.29, 0.717) is 0 Å². The Balaban J connectivity index is 1.32. The van der Waals surface area contributed by atoms with Crippen LogP contribution < -0.4 is 15.7 Å². The first-order valence-corrected chi connectivity index (χ1v) is 18.5. The Labute approximate surface area is 297 Å². The van der Waals surface area contributed by atoms with E-state index in [-0.39, 0.29) is 0 Å². The maximum Gasteiger partial charge on any atom is 0.135 e. The fraction of sp³-hybridized carbons (Fsp3) is 0.0800. The predicted octanol–water partition coefficient (Wildman–Crippen LogP) is 11.9. The second-order valence-corrected chi connectivity index (χ2v) is 14.9. The van der Waals surface area contributed by atoms with E-state index < -0.39 is 0 Å². The molecule has 0 bridgehead atoms. The largest absolute Gasteiger partial charge is 0.456 e. The van der Waals surface area contributed by atoms with Crippen LogP contribution in [-0.2, 0) is 0 Å². The van der Waals surface area contributed by atoms with E-state index in [1.807, 2.05) is 0 Å². The number of hydrogen-bond acceptors (Lipinski definition) is 2. The highest BCUT2D eigenvalue weighted by molar-refractivity contribution is 6.40. The van der Waals surface area contributed by atoms with E-state index >= 15 is 0 Å². The van der Waals surface area contributed by atoms with Crippen molar-refractivity contribution in [2.45, 2.75) is 25.7 Å². The van der Waals surface area contributed by atoms with Gasteiger partial charge in [0.2, 0.25) is 0 Å². The van der Waals surface area contributed by atoms with Gasteiger partial charge in [-0.15, -0.1) is 0 Å². The maximum atomic E-state index is 6.37. The summed E-state index contributed by atoms with van der Waals surface area (Å²) in [7, 11) is 0. The van der Waals surface area contributed by atoms with Crippen molar-refractivity contribution < 1.29 is 8.83 Å². The van der Waals surface area contributed by atoms with Gasteiger partial charge in [-0.05, 0) is 143 Å². The lowest BCUT2D eigenvalue weighted by Crippen LogP contribution is -2.38. The van der Waals surface area contributed by atoms with Gasteiger partial charge in [-0.2, -0.15) is 0 Å². The fourth-order valence-corrected chi connectivity index (χ4v) is 10.3. The van der Waals surface area contributed by atoms with E-state index in [1.54, 1.807) is 5.57 Å². The zero-order chi connectivity index (χ0) is 33.7. The summed E-state index contributed by atoms with van der Waals surface area (Å²) in [5.41, 5.74) is 10.5. The van der Waals surface area contributed by atoms with Crippen LogP contribution in [0.15, 0.2) is 130 Å². The van der Waals surface area contributed by atoms with Crippen molar-refractivity contribution in [3.63, 3.8) is 0 Å². The number of para-hydroxylation sites is 2. The topological polar surface area (TPSA) is 26.3 Å². The van der Waals surface area contributed by atoms with Gasteiger partial charge in [0, 0.05) is 21.5 Å². The molecule has 0 unspecified atom stereocenters. The molecule has 242 valence electrons. The average Bonchev–Trinajstić information content (AvgIpc) is 3.94. The molecule has 52 heavy (non-hydrogen) atoms. The lowest BCUT2D eigenvalue weighted by Gasteiger charge is -2.15. The molecule has 0 aliphatic heterocycles. The second-order valence-electron chi connectivity index (χ2n) is 14.9. The summed E-state index contributed by atoms with van der Waals surface area (Å²) in [5.74, 6) is 0. The molecule has 2 aliphatic carbocycles. The van der Waals surface area contributed by atoms with E-state index in [0.717, 1.165) is 69.6 Å². The number of benzene rings is 7. The summed E-state index contributed by atoms with van der Waals surface area (Å²) in [6.45, 7) is 0. The third kappa shape index (κ3) is 3.36. The summed E-state index contributed by atoms with van der Waals surface area (Å²) in [4.78, 5) is 0. The molecular formula is C50H30O2. The van der Waals surface area contributed by atoms with E-state index in [2.05, 4.69) is 133 Å². The maximum absolute atomic E-state index is 6.37. The Kier molecular flexibility index (Phi) is 5.10. The Bertz CT molecular complexity index is 3340. The first kappa shape index (κ1) is 27.4. The third-order valence-electron chi connectivity index (χ3n) is 12.3. The zero-order valence-corrected chi connectivity index (χ0v) is 28.3. The van der Waals surface area contributed by atoms with Crippen LogP contribution in [0, 0.1) is 0 Å². The third-order valence-corrected chi connectivity index (χ3v) is 12.3. The smallest absolute Gasteiger partial charge is 0.135 e. The molecule has 2 heteroatoms. The van der Waals surface area contributed by atoms with Crippen molar-refractivity contribution in [1.29, 1.82) is 0 Å². The van der Waals surface area contributed by atoms with Gasteiger partial charge in [0.05, 0.1) is 0 Å². The number of furan rings is 2. The summed E-state index contributed by atoms with van der Waals surface area (Å²) in [5, 5.41) is 19.8. The van der Waals surface area contributed by atoms with Crippen LogP contribution in [0.5, 0.6) is 0 Å². The molecule has 0 amide bonds. The molecule has 0 atom stereocenters. The van der Waals surface area contributed by atoms with Gasteiger partial charge in [0.1, 0.15) is 22.3 Å². The van der Waals surface area contributed by atoms with Crippen molar-refractivity contribution in [2.75, 3.05) is 0 Å². The van der Waals surface area contributed by atoms with Crippen LogP contribution in [-0.4, -0.2) is 0 Å². The van der Waals surface area contributed by atoms with Gasteiger partial charge < -0.3 is 8.83 Å². The number of fused-ring (bicyclic) bond motifs is 12. The van der Waals surface area contributed by atoms with E-state index in [4.69, 9.17) is 8.83 Å². The Morgan fingerprint density at radius 1 is 0.385 bits per heavy atom. The molecule has 0 radical (unpaired) electrons. The zero-order valence-electron chi connectivity index (χ0n) is 28.3. The SMILES string of the molecule is C1=c2c3c(c4c(-c5ccc6oc7ccccc7c6c5)c5c6cccc7cccc(c5c(-c5ccc8oc9ccccc9c8c5)c24)c76)=CCCC=3CC1. The van der Waals surface area contributed by atoms with Crippen LogP contribution in [0.1, 0.15) is 25.7 Å². The normalized spacial score (nSPS) is 14.5. The average molecular weight is 663 g/mol. The predicted molar refractivity (Wildman–Crippen MR) is 218 cm³/mol. The molecule has 0 saturated heterocycles. The van der Waals surface area contributed by atoms with Crippen LogP contribution in [0.3, 0.4) is 0 Å². The molecule has 0 fully saturated rings. The van der Waals surface area contributed by atoms with Crippen LogP contribution in [0.2, 0.25) is 0 Å². The number of rotatable bonds is 2. The van der Waals surface area contributed by atoms with Crippen molar-refractivity contribution in [3.05, 3.63) is 137 Å². The molecule has 9 aromatic carbocycles. The quantitative estimate of drug-likeness (QED) is 0.184. The lowest BCUT2D eigenvalue weighted by atomic mass is 9.87. The van der Waals surface area contributed by atoms with Crippen molar-refractivity contribution in [3.8, 4) is 22.3 Å². The minimum absolute atomic E-state index is 0.930. The van der Waals surface area contributed by atoms with Gasteiger partial charge >= 0.3 is 0 Å². The van der Waals surface area contributed by atoms with Crippen LogP contribution in [0.25, 0.3) is 127 Å². The minimum atomic E-state index is 0.930. The summed E-state index contributed by atoms with van der Waals surface area (Å²) in [6.07, 6.45) is 9.56. The molecule has 0 N–H and O–H groups in total. The summed E-state index contributed by atoms with van der Waals surface area (Å²) >= 11 is 0. The molecule has 0 spiro atoms. The standard InChI is InChI=1S/C50H30O2/c1-3-19-39-31(13-1)37-25-29(21-23-41(37)51-39)45-47-33-15-5-9-27-11-7-17-35(43(27)33)49(47)46(30-22-24-42-38(26-30)32-14-2-4-20-40(32)52-42)50-36-18-8-12-28-10-6-16-34(44(28)36)48(45)50/h1-5,7,9,11,13-26H,6,8,10,12H2. The molecule has 0 saturated carbocycles. The first-order valence-electron chi connectivity index (χ1n) is 18.5. The molecule has 13 rings (SSSR count). The fourth-order valence-electron chi connectivity index (χ4n) is 10.3. The van der Waals surface area contributed by atoms with Crippen LogP contribution in [0.4, 0.5) is 0 Å². The van der Waals surface area contributed by atoms with Gasteiger partial charge in [-0.1, -0.05) is 103 Å². The highest BCUT2D eigenvalue weighted by atomic mass is 16.3. The van der Waals surface area contributed by atoms with Crippen molar-refractivity contribution >= 4 is 105 Å². The first-order chi connectivity index (χ1) is 25.8. The molecule has 2 nitrogen and oxygen atoms in total. The van der Waals surface area contributed by atoms with Gasteiger partial charge in [-0.3, -0.25) is 0 Å². The Morgan fingerprint density at radius 2 is 0.865 bits per heavy atom. The molecule has 2 aliphatic rings. The van der Waals surface area contributed by atoms with Crippen molar-refractivity contribution in [2.24, 2.45) is 0 Å². The van der Waals surface area contributed by atoms with Gasteiger partial charge in [0.25, 0.3) is 0 Å². The Hall–Kier alpha value is -6.38. The molecule has 2 heterocycles. The minimum Gasteiger partial charge on any atom is -0.456 e. The monoisotopic (exact) mass is 662 g/mol. The van der Waals surface area contributed by atoms with Crippen LogP contribution >= 0.6 is 0 Å². The highest BCUT2D eigenvalue weighted by Crippen LogP contribution is 2.51. The second kappa shape index (κ2) is 9.69. The van der Waals surface area contributed by atoms with E-state index in [9.17, 15) is 0 Å². The van der Waals surface area contributed by atoms with Gasteiger partial charge in [0.15, 0.2) is 0 Å². The summed E-state index contributed by atoms with van der Waals surface area (Å²) < 4.78 is 12.7. The van der Waals surface area contributed by atoms with Crippen molar-refractivity contribution in [1.82, 2.24) is 0 Å². The summed E-state index contributed by atoms with van der Waals surface area (Å²) in [6, 6.07) is 44.4. The molecular weight excluding hydrogens is 633 g/mol. The molecule has 11 aromatic rings. The van der Waals surface area contributed by atoms with Gasteiger partial charge in [-0.25, -0.2) is 0 Å². The lowest BCUT2D eigenvalue weighted by molar-refractivity contribution is 0.668.